The smallest absolute Gasteiger partial charge is 0.294 e. The molecule has 178 valence electrons. The van der Waals surface area contributed by atoms with E-state index in [-0.39, 0.29) is 4.91 Å². The lowest BCUT2D eigenvalue weighted by Gasteiger charge is -2.12. The topological polar surface area (TPSA) is 97.8 Å². The molecule has 1 aromatic heterocycles. The highest BCUT2D eigenvalue weighted by Gasteiger charge is 2.36. The van der Waals surface area contributed by atoms with E-state index in [2.05, 4.69) is 10.3 Å². The van der Waals surface area contributed by atoms with E-state index in [9.17, 15) is 14.4 Å². The van der Waals surface area contributed by atoms with Crippen molar-refractivity contribution in [3.63, 3.8) is 0 Å². The van der Waals surface area contributed by atoms with Gasteiger partial charge >= 0.3 is 0 Å². The maximum Gasteiger partial charge on any atom is 0.294 e. The van der Waals surface area contributed by atoms with E-state index in [0.29, 0.717) is 34.4 Å². The molecule has 0 aliphatic carbocycles. The first-order valence-electron chi connectivity index (χ1n) is 10.4. The zero-order chi connectivity index (χ0) is 24.8. The number of imide groups is 1. The Morgan fingerprint density at radius 2 is 1.83 bits per heavy atom. The Bertz CT molecular complexity index is 1280. The third-order valence-electron chi connectivity index (χ3n) is 4.93. The zero-order valence-electron chi connectivity index (χ0n) is 18.6. The highest BCUT2D eigenvalue weighted by Crippen LogP contribution is 2.34. The molecular weight excluding hydrogens is 490 g/mol. The number of nitrogens with zero attached hydrogens (tertiary/aromatic N) is 2. The molecule has 35 heavy (non-hydrogen) atoms. The van der Waals surface area contributed by atoms with E-state index in [1.165, 1.54) is 7.11 Å². The molecule has 2 heterocycles. The van der Waals surface area contributed by atoms with Crippen LogP contribution >= 0.6 is 23.4 Å². The third kappa shape index (κ3) is 6.20. The van der Waals surface area contributed by atoms with Gasteiger partial charge in [0.1, 0.15) is 13.2 Å². The Labute approximate surface area is 210 Å². The summed E-state index contributed by atoms with van der Waals surface area (Å²) in [5, 5.41) is 2.66. The summed E-state index contributed by atoms with van der Waals surface area (Å²) in [4.78, 5) is 42.6. The van der Waals surface area contributed by atoms with Gasteiger partial charge in [-0.3, -0.25) is 24.3 Å². The van der Waals surface area contributed by atoms with Crippen LogP contribution in [0, 0.1) is 0 Å². The molecule has 10 heteroatoms. The molecule has 0 bridgehead atoms. The average Bonchev–Trinajstić information content (AvgIpc) is 3.12. The number of nitrogens with one attached hydrogen (secondary N) is 1. The Kier molecular flexibility index (Phi) is 7.69. The van der Waals surface area contributed by atoms with Crippen LogP contribution in [0.25, 0.3) is 6.08 Å². The minimum Gasteiger partial charge on any atom is -0.493 e. The fraction of sp³-hybridized carbons (Fsp3) is 0.120. The third-order valence-corrected chi connectivity index (χ3v) is 6.09. The predicted octanol–water partition coefficient (Wildman–Crippen LogP) is 5.00. The van der Waals surface area contributed by atoms with Crippen LogP contribution < -0.4 is 14.8 Å². The van der Waals surface area contributed by atoms with E-state index in [0.717, 1.165) is 22.2 Å². The molecule has 4 rings (SSSR count). The molecular formula is C25H20ClN3O5S. The minimum atomic E-state index is -0.539. The number of hydrogen-bond acceptors (Lipinski definition) is 7. The molecule has 0 radical (unpaired) electrons. The minimum absolute atomic E-state index is 0.210. The summed E-state index contributed by atoms with van der Waals surface area (Å²) in [6, 6.07) is 15.4. The second-order valence-electron chi connectivity index (χ2n) is 7.38. The number of rotatable bonds is 8. The normalized spacial score (nSPS) is 14.3. The number of benzene rings is 2. The molecule has 8 nitrogen and oxygen atoms in total. The second-order valence-corrected chi connectivity index (χ2v) is 8.81. The Hall–Kier alpha value is -3.82. The zero-order valence-corrected chi connectivity index (χ0v) is 20.1. The summed E-state index contributed by atoms with van der Waals surface area (Å²) >= 11 is 6.61. The fourth-order valence-electron chi connectivity index (χ4n) is 3.20. The number of amides is 3. The lowest BCUT2D eigenvalue weighted by Crippen LogP contribution is -2.36. The summed E-state index contributed by atoms with van der Waals surface area (Å²) in [6.45, 7) is -0.0507. The van der Waals surface area contributed by atoms with Crippen molar-refractivity contribution >= 4 is 52.2 Å². The van der Waals surface area contributed by atoms with Crippen molar-refractivity contribution in [3.05, 3.63) is 88.0 Å². The van der Waals surface area contributed by atoms with Crippen LogP contribution in [0.1, 0.15) is 11.1 Å². The Morgan fingerprint density at radius 3 is 2.54 bits per heavy atom. The molecule has 0 saturated carbocycles. The molecule has 0 atom stereocenters. The van der Waals surface area contributed by atoms with Crippen LogP contribution in [-0.2, 0) is 16.2 Å². The number of thioether (sulfide) groups is 1. The van der Waals surface area contributed by atoms with Crippen molar-refractivity contribution in [1.29, 1.82) is 0 Å². The number of carbonyl (C=O) groups is 3. The van der Waals surface area contributed by atoms with Gasteiger partial charge in [-0.2, -0.15) is 0 Å². The molecule has 3 amide bonds. The number of aromatic nitrogens is 1. The first-order chi connectivity index (χ1) is 16.9. The first-order valence-corrected chi connectivity index (χ1v) is 11.6. The van der Waals surface area contributed by atoms with Crippen LogP contribution in [0.4, 0.5) is 10.5 Å². The first kappa shape index (κ1) is 24.3. The molecule has 0 spiro atoms. The van der Waals surface area contributed by atoms with Crippen molar-refractivity contribution in [2.75, 3.05) is 19.0 Å². The van der Waals surface area contributed by atoms with Gasteiger partial charge in [-0.25, -0.2) is 0 Å². The molecule has 1 N–H and O–H groups in total. The number of pyridine rings is 1. The molecule has 1 fully saturated rings. The van der Waals surface area contributed by atoms with E-state index in [1.807, 2.05) is 12.1 Å². The van der Waals surface area contributed by atoms with Gasteiger partial charge in [0.05, 0.1) is 12.0 Å². The maximum absolute atomic E-state index is 12.8. The van der Waals surface area contributed by atoms with Crippen LogP contribution in [-0.4, -0.2) is 40.6 Å². The molecule has 1 aliphatic rings. The van der Waals surface area contributed by atoms with Crippen LogP contribution in [0.3, 0.4) is 0 Å². The van der Waals surface area contributed by atoms with Gasteiger partial charge < -0.3 is 14.8 Å². The number of ether oxygens (including phenoxy) is 2. The number of anilines is 1. The number of hydrogen-bond donors (Lipinski definition) is 1. The van der Waals surface area contributed by atoms with Crippen molar-refractivity contribution in [3.8, 4) is 11.5 Å². The van der Waals surface area contributed by atoms with E-state index in [4.69, 9.17) is 21.1 Å². The SMILES string of the molecule is COc1cc(/C=C2/SC(=O)N(CC(=O)Nc3ccc(Cl)cc3)C2=O)ccc1OCc1ccncc1. The summed E-state index contributed by atoms with van der Waals surface area (Å²) in [7, 11) is 1.52. The standard InChI is InChI=1S/C25H20ClN3O5S/c1-33-21-12-17(2-7-20(21)34-15-16-8-10-27-11-9-16)13-22-24(31)29(25(32)35-22)14-23(30)28-19-5-3-18(26)4-6-19/h2-13H,14-15H2,1H3,(H,28,30)/b22-13+. The van der Waals surface area contributed by atoms with Gasteiger partial charge in [-0.1, -0.05) is 17.7 Å². The van der Waals surface area contributed by atoms with Crippen molar-refractivity contribution in [2.24, 2.45) is 0 Å². The molecule has 0 unspecified atom stereocenters. The van der Waals surface area contributed by atoms with Gasteiger partial charge in [0.2, 0.25) is 5.91 Å². The van der Waals surface area contributed by atoms with Crippen LogP contribution in [0.5, 0.6) is 11.5 Å². The average molecular weight is 510 g/mol. The van der Waals surface area contributed by atoms with Gasteiger partial charge in [-0.15, -0.1) is 0 Å². The summed E-state index contributed by atoms with van der Waals surface area (Å²) in [6.07, 6.45) is 4.96. The van der Waals surface area contributed by atoms with E-state index >= 15 is 0 Å². The molecule has 1 saturated heterocycles. The lowest BCUT2D eigenvalue weighted by molar-refractivity contribution is -0.127. The van der Waals surface area contributed by atoms with E-state index in [1.54, 1.807) is 60.9 Å². The number of halogens is 1. The number of carbonyl (C=O) groups excluding carboxylic acids is 3. The summed E-state index contributed by atoms with van der Waals surface area (Å²) in [5.41, 5.74) is 2.12. The molecule has 2 aromatic carbocycles. The van der Waals surface area contributed by atoms with Crippen molar-refractivity contribution in [2.45, 2.75) is 6.61 Å². The fourth-order valence-corrected chi connectivity index (χ4v) is 4.16. The highest BCUT2D eigenvalue weighted by molar-refractivity contribution is 8.18. The van der Waals surface area contributed by atoms with Crippen LogP contribution in [0.15, 0.2) is 71.9 Å². The highest BCUT2D eigenvalue weighted by atomic mass is 35.5. The van der Waals surface area contributed by atoms with Gasteiger partial charge in [-0.05, 0) is 77.5 Å². The number of methoxy groups -OCH3 is 1. The van der Waals surface area contributed by atoms with Gasteiger partial charge in [0.25, 0.3) is 11.1 Å². The van der Waals surface area contributed by atoms with Gasteiger partial charge in [0, 0.05) is 23.1 Å². The van der Waals surface area contributed by atoms with Crippen LogP contribution in [0.2, 0.25) is 5.02 Å². The monoisotopic (exact) mass is 509 g/mol. The summed E-state index contributed by atoms with van der Waals surface area (Å²) in [5.74, 6) is -0.0145. The Balaban J connectivity index is 1.42. The Morgan fingerprint density at radius 1 is 1.09 bits per heavy atom. The maximum atomic E-state index is 12.8. The second kappa shape index (κ2) is 11.1. The molecule has 3 aromatic rings. The van der Waals surface area contributed by atoms with Crippen molar-refractivity contribution < 1.29 is 23.9 Å². The quantitative estimate of drug-likeness (QED) is 0.427. The predicted molar refractivity (Wildman–Crippen MR) is 134 cm³/mol. The largest absolute Gasteiger partial charge is 0.493 e. The molecule has 1 aliphatic heterocycles. The van der Waals surface area contributed by atoms with Crippen molar-refractivity contribution in [1.82, 2.24) is 9.88 Å². The van der Waals surface area contributed by atoms with E-state index < -0.39 is 23.6 Å². The lowest BCUT2D eigenvalue weighted by atomic mass is 10.2. The van der Waals surface area contributed by atoms with Gasteiger partial charge in [0.15, 0.2) is 11.5 Å². The summed E-state index contributed by atoms with van der Waals surface area (Å²) < 4.78 is 11.3.